The third-order valence-corrected chi connectivity index (χ3v) is 5.73. The maximum Gasteiger partial charge on any atom is 0.416 e. The second-order valence-corrected chi connectivity index (χ2v) is 8.34. The highest BCUT2D eigenvalue weighted by molar-refractivity contribution is 5.94. The summed E-state index contributed by atoms with van der Waals surface area (Å²) in [5.74, 6) is -0.0390. The smallest absolute Gasteiger partial charge is 0.343 e. The number of carbonyl (C=O) groups is 2. The average molecular weight is 471 g/mol. The van der Waals surface area contributed by atoms with Crippen LogP contribution < -0.4 is 5.32 Å². The van der Waals surface area contributed by atoms with Crippen molar-refractivity contribution >= 4 is 11.8 Å². The summed E-state index contributed by atoms with van der Waals surface area (Å²) in [4.78, 5) is 31.0. The number of hydrogen-bond donors (Lipinski definition) is 1. The van der Waals surface area contributed by atoms with E-state index >= 15 is 0 Å². The second kappa shape index (κ2) is 9.28. The predicted octanol–water partition coefficient (Wildman–Crippen LogP) is 4.00. The minimum absolute atomic E-state index is 0.0814. The monoisotopic (exact) mass is 471 g/mol. The Morgan fingerprint density at radius 2 is 1.97 bits per heavy atom. The molecule has 10 heteroatoms. The van der Waals surface area contributed by atoms with Crippen LogP contribution in [0.1, 0.15) is 51.8 Å². The normalized spacial score (nSPS) is 15.0. The van der Waals surface area contributed by atoms with E-state index in [1.165, 1.54) is 18.3 Å². The number of aromatic nitrogens is 3. The number of benzene rings is 1. The van der Waals surface area contributed by atoms with Gasteiger partial charge in [-0.2, -0.15) is 18.3 Å². The lowest BCUT2D eigenvalue weighted by molar-refractivity contribution is -0.137. The fourth-order valence-electron chi connectivity index (χ4n) is 4.03. The summed E-state index contributed by atoms with van der Waals surface area (Å²) >= 11 is 0. The molecule has 7 nitrogen and oxygen atoms in total. The summed E-state index contributed by atoms with van der Waals surface area (Å²) in [5, 5.41) is 7.15. The molecule has 2 amide bonds. The summed E-state index contributed by atoms with van der Waals surface area (Å²) in [7, 11) is 0. The Balaban J connectivity index is 1.58. The molecule has 0 aliphatic carbocycles. The van der Waals surface area contributed by atoms with Crippen molar-refractivity contribution < 1.29 is 22.8 Å². The fourth-order valence-corrected chi connectivity index (χ4v) is 4.03. The maximum atomic E-state index is 13.3. The largest absolute Gasteiger partial charge is 0.416 e. The summed E-state index contributed by atoms with van der Waals surface area (Å²) in [5.41, 5.74) is 1.43. The highest BCUT2D eigenvalue weighted by Gasteiger charge is 2.32. The quantitative estimate of drug-likeness (QED) is 0.590. The molecule has 4 rings (SSSR count). The van der Waals surface area contributed by atoms with Gasteiger partial charge in [-0.25, -0.2) is 9.67 Å². The number of likely N-dealkylation sites (tertiary alicyclic amines) is 1. The van der Waals surface area contributed by atoms with Crippen LogP contribution in [-0.2, 0) is 11.0 Å². The number of rotatable bonds is 6. The Kier molecular flexibility index (Phi) is 6.41. The van der Waals surface area contributed by atoms with E-state index in [0.717, 1.165) is 23.5 Å². The molecule has 1 N–H and O–H groups in total. The molecule has 178 valence electrons. The number of aryl methyl sites for hydroxylation is 2. The van der Waals surface area contributed by atoms with Crippen molar-refractivity contribution in [3.8, 4) is 5.82 Å². The van der Waals surface area contributed by atoms with Crippen LogP contribution in [0.5, 0.6) is 0 Å². The van der Waals surface area contributed by atoms with Crippen LogP contribution in [0, 0.1) is 13.8 Å². The Bertz CT molecular complexity index is 1200. The first-order valence-corrected chi connectivity index (χ1v) is 10.9. The van der Waals surface area contributed by atoms with Gasteiger partial charge in [-0.05, 0) is 56.2 Å². The van der Waals surface area contributed by atoms with E-state index in [2.05, 4.69) is 15.4 Å². The molecule has 1 saturated heterocycles. The van der Waals surface area contributed by atoms with Crippen molar-refractivity contribution in [2.24, 2.45) is 0 Å². The highest BCUT2D eigenvalue weighted by Crippen LogP contribution is 2.31. The SMILES string of the molecule is Cc1cc(C)n(-c2ccc(C(=O)NC(CN3CCCC3=O)c3cccc(C(F)(F)F)c3)cn2)n1. The van der Waals surface area contributed by atoms with Gasteiger partial charge in [-0.3, -0.25) is 9.59 Å². The van der Waals surface area contributed by atoms with Crippen LogP contribution in [0.2, 0.25) is 0 Å². The Labute approximate surface area is 194 Å². The van der Waals surface area contributed by atoms with Gasteiger partial charge in [-0.1, -0.05) is 12.1 Å². The van der Waals surface area contributed by atoms with Crippen LogP contribution in [-0.4, -0.2) is 44.6 Å². The summed E-state index contributed by atoms with van der Waals surface area (Å²) in [6.45, 7) is 4.35. The molecule has 0 bridgehead atoms. The Hall–Kier alpha value is -3.69. The molecular formula is C24H24F3N5O2. The molecule has 1 atom stereocenters. The lowest BCUT2D eigenvalue weighted by Gasteiger charge is -2.26. The third-order valence-electron chi connectivity index (χ3n) is 5.73. The first-order valence-electron chi connectivity index (χ1n) is 10.9. The van der Waals surface area contributed by atoms with Crippen molar-refractivity contribution in [2.45, 2.75) is 38.9 Å². The molecule has 0 saturated carbocycles. The number of pyridine rings is 1. The third kappa shape index (κ3) is 5.11. The van der Waals surface area contributed by atoms with Gasteiger partial charge in [0.1, 0.15) is 0 Å². The van der Waals surface area contributed by atoms with Gasteiger partial charge in [0.15, 0.2) is 5.82 Å². The van der Waals surface area contributed by atoms with Crippen molar-refractivity contribution in [1.82, 2.24) is 25.0 Å². The summed E-state index contributed by atoms with van der Waals surface area (Å²) in [6, 6.07) is 9.13. The van der Waals surface area contributed by atoms with E-state index in [4.69, 9.17) is 0 Å². The maximum absolute atomic E-state index is 13.3. The molecule has 2 aromatic heterocycles. The molecule has 1 unspecified atom stereocenters. The summed E-state index contributed by atoms with van der Waals surface area (Å²) < 4.78 is 41.5. The molecule has 34 heavy (non-hydrogen) atoms. The molecule has 1 fully saturated rings. The number of nitrogens with one attached hydrogen (secondary N) is 1. The minimum Gasteiger partial charge on any atom is -0.343 e. The zero-order valence-corrected chi connectivity index (χ0v) is 18.8. The minimum atomic E-state index is -4.52. The van der Waals surface area contributed by atoms with Crippen molar-refractivity contribution in [3.05, 3.63) is 76.7 Å². The average Bonchev–Trinajstić information content (AvgIpc) is 3.36. The Morgan fingerprint density at radius 1 is 1.18 bits per heavy atom. The number of hydrogen-bond acceptors (Lipinski definition) is 4. The van der Waals surface area contributed by atoms with Gasteiger partial charge >= 0.3 is 6.18 Å². The molecule has 0 spiro atoms. The first kappa shape index (κ1) is 23.5. The zero-order valence-electron chi connectivity index (χ0n) is 18.8. The van der Waals surface area contributed by atoms with E-state index in [-0.39, 0.29) is 23.6 Å². The predicted molar refractivity (Wildman–Crippen MR) is 118 cm³/mol. The van der Waals surface area contributed by atoms with Crippen molar-refractivity contribution in [3.63, 3.8) is 0 Å². The lowest BCUT2D eigenvalue weighted by atomic mass is 10.0. The van der Waals surface area contributed by atoms with Gasteiger partial charge in [0.05, 0.1) is 22.9 Å². The first-order chi connectivity index (χ1) is 16.1. The molecule has 1 aliphatic rings. The molecule has 3 heterocycles. The molecule has 1 aliphatic heterocycles. The van der Waals surface area contributed by atoms with E-state index in [0.29, 0.717) is 25.2 Å². The van der Waals surface area contributed by atoms with Gasteiger partial charge in [0, 0.05) is 31.4 Å². The van der Waals surface area contributed by atoms with E-state index in [9.17, 15) is 22.8 Å². The van der Waals surface area contributed by atoms with Crippen LogP contribution >= 0.6 is 0 Å². The van der Waals surface area contributed by atoms with Crippen LogP contribution in [0.4, 0.5) is 13.2 Å². The van der Waals surface area contributed by atoms with E-state index in [1.54, 1.807) is 21.7 Å². The van der Waals surface area contributed by atoms with E-state index < -0.39 is 23.7 Å². The molecule has 1 aromatic carbocycles. The number of alkyl halides is 3. The molecule has 0 radical (unpaired) electrons. The number of nitrogens with zero attached hydrogens (tertiary/aromatic N) is 4. The van der Waals surface area contributed by atoms with Crippen LogP contribution in [0.15, 0.2) is 48.7 Å². The standard InChI is InChI=1S/C24H24F3N5O2/c1-15-11-16(2)32(30-15)21-9-8-18(13-28-21)23(34)29-20(14-31-10-4-7-22(31)33)17-5-3-6-19(12-17)24(25,26)27/h3,5-6,8-9,11-13,20H,4,7,10,14H2,1-2H3,(H,29,34). The van der Waals surface area contributed by atoms with Crippen molar-refractivity contribution in [1.29, 1.82) is 0 Å². The lowest BCUT2D eigenvalue weighted by Crippen LogP contribution is -2.38. The molecule has 3 aromatic rings. The van der Waals surface area contributed by atoms with Crippen molar-refractivity contribution in [2.75, 3.05) is 13.1 Å². The summed E-state index contributed by atoms with van der Waals surface area (Å²) in [6.07, 6.45) is -2.05. The highest BCUT2D eigenvalue weighted by atomic mass is 19.4. The van der Waals surface area contributed by atoms with Crippen LogP contribution in [0.25, 0.3) is 5.82 Å². The van der Waals surface area contributed by atoms with Gasteiger partial charge in [-0.15, -0.1) is 0 Å². The second-order valence-electron chi connectivity index (χ2n) is 8.34. The Morgan fingerprint density at radius 3 is 2.56 bits per heavy atom. The fraction of sp³-hybridized carbons (Fsp3) is 0.333. The number of carbonyl (C=O) groups excluding carboxylic acids is 2. The van der Waals surface area contributed by atoms with Gasteiger partial charge in [0.25, 0.3) is 5.91 Å². The number of amides is 2. The van der Waals surface area contributed by atoms with Crippen LogP contribution in [0.3, 0.4) is 0 Å². The topological polar surface area (TPSA) is 80.1 Å². The van der Waals surface area contributed by atoms with Gasteiger partial charge < -0.3 is 10.2 Å². The molecular weight excluding hydrogens is 447 g/mol. The number of halogens is 3. The zero-order chi connectivity index (χ0) is 24.5. The van der Waals surface area contributed by atoms with Gasteiger partial charge in [0.2, 0.25) is 5.91 Å². The van der Waals surface area contributed by atoms with E-state index in [1.807, 2.05) is 19.9 Å².